The highest BCUT2D eigenvalue weighted by Gasteiger charge is 2.21. The van der Waals surface area contributed by atoms with Crippen LogP contribution in [0.2, 0.25) is 10.0 Å². The lowest BCUT2D eigenvalue weighted by molar-refractivity contribution is -0.143. The van der Waals surface area contributed by atoms with Crippen LogP contribution in [0.25, 0.3) is 0 Å². The zero-order chi connectivity index (χ0) is 16.0. The van der Waals surface area contributed by atoms with Gasteiger partial charge in [0.1, 0.15) is 6.04 Å². The summed E-state index contributed by atoms with van der Waals surface area (Å²) in [6.45, 7) is 0. The number of halogens is 2. The van der Waals surface area contributed by atoms with Crippen molar-refractivity contribution in [3.63, 3.8) is 0 Å². The number of carboxylic acid groups (broad SMARTS) is 1. The number of amides is 2. The molecule has 1 rings (SSSR count). The Kier molecular flexibility index (Phi) is 6.45. The Labute approximate surface area is 131 Å². The molecule has 21 heavy (non-hydrogen) atoms. The van der Waals surface area contributed by atoms with E-state index in [1.54, 1.807) is 18.2 Å². The molecule has 0 saturated heterocycles. The zero-order valence-corrected chi connectivity index (χ0v) is 12.4. The molecule has 4 N–H and O–H groups in total. The van der Waals surface area contributed by atoms with E-state index in [9.17, 15) is 14.4 Å². The molecule has 0 spiro atoms. The van der Waals surface area contributed by atoms with Crippen LogP contribution in [0.5, 0.6) is 0 Å². The van der Waals surface area contributed by atoms with Crippen molar-refractivity contribution in [1.29, 1.82) is 0 Å². The summed E-state index contributed by atoms with van der Waals surface area (Å²) in [5.41, 5.74) is 5.64. The van der Waals surface area contributed by atoms with Gasteiger partial charge in [-0.05, 0) is 24.1 Å². The van der Waals surface area contributed by atoms with E-state index >= 15 is 0 Å². The van der Waals surface area contributed by atoms with Gasteiger partial charge in [0.2, 0.25) is 11.8 Å². The van der Waals surface area contributed by atoms with Gasteiger partial charge in [-0.15, -0.1) is 0 Å². The van der Waals surface area contributed by atoms with Crippen LogP contribution in [0.3, 0.4) is 0 Å². The van der Waals surface area contributed by atoms with E-state index in [4.69, 9.17) is 34.0 Å². The molecule has 0 saturated carbocycles. The minimum Gasteiger partial charge on any atom is -0.480 e. The lowest BCUT2D eigenvalue weighted by atomic mass is 10.1. The molecule has 0 aliphatic heterocycles. The summed E-state index contributed by atoms with van der Waals surface area (Å²) in [6, 6.07) is 3.57. The molecule has 8 heteroatoms. The molecule has 1 aromatic rings. The summed E-state index contributed by atoms with van der Waals surface area (Å²) in [6.07, 6.45) is -0.0998. The first-order valence-electron chi connectivity index (χ1n) is 6.04. The molecule has 0 radical (unpaired) electrons. The molecule has 0 bridgehead atoms. The van der Waals surface area contributed by atoms with Crippen molar-refractivity contribution < 1.29 is 19.5 Å². The molecule has 114 valence electrons. The standard InChI is InChI=1S/C13H14Cl2N2O4/c14-8-3-1-7(9(15)5-8)2-4-12(19)17-10(13(20)21)6-11(16)18/h1,3,5,10H,2,4,6H2,(H2,16,18)(H,17,19)(H,20,21). The SMILES string of the molecule is NC(=O)CC(NC(=O)CCc1ccc(Cl)cc1Cl)C(=O)O. The minimum absolute atomic E-state index is 0.0316. The highest BCUT2D eigenvalue weighted by atomic mass is 35.5. The predicted molar refractivity (Wildman–Crippen MR) is 78.2 cm³/mol. The summed E-state index contributed by atoms with van der Waals surface area (Å²) in [4.78, 5) is 33.3. The number of carboxylic acids is 1. The molecular weight excluding hydrogens is 319 g/mol. The van der Waals surface area contributed by atoms with Crippen LogP contribution in [-0.4, -0.2) is 28.9 Å². The highest BCUT2D eigenvalue weighted by molar-refractivity contribution is 6.35. The van der Waals surface area contributed by atoms with E-state index in [0.29, 0.717) is 16.5 Å². The molecule has 0 aliphatic rings. The lowest BCUT2D eigenvalue weighted by Crippen LogP contribution is -2.43. The molecule has 6 nitrogen and oxygen atoms in total. The van der Waals surface area contributed by atoms with Gasteiger partial charge in [-0.25, -0.2) is 4.79 Å². The maximum Gasteiger partial charge on any atom is 0.326 e. The number of aliphatic carboxylic acids is 1. The van der Waals surface area contributed by atoms with Gasteiger partial charge in [-0.2, -0.15) is 0 Å². The molecule has 0 heterocycles. The van der Waals surface area contributed by atoms with Gasteiger partial charge < -0.3 is 16.2 Å². The number of benzene rings is 1. The minimum atomic E-state index is -1.32. The lowest BCUT2D eigenvalue weighted by Gasteiger charge is -2.13. The molecule has 1 atom stereocenters. The van der Waals surface area contributed by atoms with Gasteiger partial charge >= 0.3 is 5.97 Å². The smallest absolute Gasteiger partial charge is 0.326 e. The Balaban J connectivity index is 2.56. The Morgan fingerprint density at radius 3 is 2.48 bits per heavy atom. The molecule has 0 fully saturated rings. The van der Waals surface area contributed by atoms with Gasteiger partial charge in [0.05, 0.1) is 6.42 Å². The van der Waals surface area contributed by atoms with Crippen LogP contribution in [0.15, 0.2) is 18.2 Å². The molecule has 1 aromatic carbocycles. The number of nitrogens with two attached hydrogens (primary N) is 1. The fourth-order valence-electron chi connectivity index (χ4n) is 1.64. The second-order valence-electron chi connectivity index (χ2n) is 4.36. The Morgan fingerprint density at radius 2 is 1.95 bits per heavy atom. The van der Waals surface area contributed by atoms with Gasteiger partial charge in [0, 0.05) is 16.5 Å². The summed E-state index contributed by atoms with van der Waals surface area (Å²) in [5.74, 6) is -2.62. The Morgan fingerprint density at radius 1 is 1.29 bits per heavy atom. The van der Waals surface area contributed by atoms with E-state index in [2.05, 4.69) is 5.32 Å². The number of hydrogen-bond acceptors (Lipinski definition) is 3. The summed E-state index contributed by atoms with van der Waals surface area (Å²) in [7, 11) is 0. The van der Waals surface area contributed by atoms with Crippen LogP contribution >= 0.6 is 23.2 Å². The first kappa shape index (κ1) is 17.3. The maximum absolute atomic E-state index is 11.7. The fourth-order valence-corrected chi connectivity index (χ4v) is 2.14. The van der Waals surface area contributed by atoms with Crippen molar-refractivity contribution in [2.75, 3.05) is 0 Å². The first-order chi connectivity index (χ1) is 9.79. The van der Waals surface area contributed by atoms with Crippen LogP contribution in [0.1, 0.15) is 18.4 Å². The van der Waals surface area contributed by atoms with Crippen molar-refractivity contribution in [3.8, 4) is 0 Å². The monoisotopic (exact) mass is 332 g/mol. The van der Waals surface area contributed by atoms with Crippen LogP contribution in [0, 0.1) is 0 Å². The van der Waals surface area contributed by atoms with Crippen LogP contribution in [-0.2, 0) is 20.8 Å². The third-order valence-corrected chi connectivity index (χ3v) is 3.26. The van der Waals surface area contributed by atoms with Crippen molar-refractivity contribution in [2.24, 2.45) is 5.73 Å². The summed E-state index contributed by atoms with van der Waals surface area (Å²) >= 11 is 11.7. The van der Waals surface area contributed by atoms with Gasteiger partial charge in [0.15, 0.2) is 0 Å². The van der Waals surface area contributed by atoms with E-state index in [0.717, 1.165) is 5.56 Å². The van der Waals surface area contributed by atoms with E-state index < -0.39 is 30.2 Å². The van der Waals surface area contributed by atoms with Crippen molar-refractivity contribution in [1.82, 2.24) is 5.32 Å². The van der Waals surface area contributed by atoms with Crippen LogP contribution in [0.4, 0.5) is 0 Å². The second kappa shape index (κ2) is 7.85. The highest BCUT2D eigenvalue weighted by Crippen LogP contribution is 2.22. The first-order valence-corrected chi connectivity index (χ1v) is 6.79. The molecule has 0 aromatic heterocycles. The number of nitrogens with one attached hydrogen (secondary N) is 1. The predicted octanol–water partition coefficient (Wildman–Crippen LogP) is 1.37. The average Bonchev–Trinajstić information content (AvgIpc) is 2.36. The van der Waals surface area contributed by atoms with E-state index in [1.165, 1.54) is 0 Å². The number of carbonyl (C=O) groups is 3. The van der Waals surface area contributed by atoms with Gasteiger partial charge in [0.25, 0.3) is 0 Å². The number of carbonyl (C=O) groups excluding carboxylic acids is 2. The number of aryl methyl sites for hydroxylation is 1. The Hall–Kier alpha value is -1.79. The Bertz CT molecular complexity index is 563. The van der Waals surface area contributed by atoms with Crippen molar-refractivity contribution in [3.05, 3.63) is 33.8 Å². The summed E-state index contributed by atoms with van der Waals surface area (Å²) in [5, 5.41) is 12.0. The van der Waals surface area contributed by atoms with Crippen molar-refractivity contribution in [2.45, 2.75) is 25.3 Å². The largest absolute Gasteiger partial charge is 0.480 e. The van der Waals surface area contributed by atoms with Gasteiger partial charge in [-0.1, -0.05) is 29.3 Å². The normalized spacial score (nSPS) is 11.7. The van der Waals surface area contributed by atoms with E-state index in [1.807, 2.05) is 0 Å². The quantitative estimate of drug-likeness (QED) is 0.700. The third kappa shape index (κ3) is 6.01. The summed E-state index contributed by atoms with van der Waals surface area (Å²) < 4.78 is 0. The average molecular weight is 333 g/mol. The van der Waals surface area contributed by atoms with Gasteiger partial charge in [-0.3, -0.25) is 9.59 Å². The fraction of sp³-hybridized carbons (Fsp3) is 0.308. The molecule has 1 unspecified atom stereocenters. The molecule has 0 aliphatic carbocycles. The maximum atomic E-state index is 11.7. The van der Waals surface area contributed by atoms with Crippen molar-refractivity contribution >= 4 is 41.0 Å². The van der Waals surface area contributed by atoms with Crippen LogP contribution < -0.4 is 11.1 Å². The van der Waals surface area contributed by atoms with E-state index in [-0.39, 0.29) is 6.42 Å². The molecule has 2 amide bonds. The number of rotatable bonds is 7. The number of primary amides is 1. The topological polar surface area (TPSA) is 109 Å². The second-order valence-corrected chi connectivity index (χ2v) is 5.21. The third-order valence-electron chi connectivity index (χ3n) is 2.68. The number of hydrogen-bond donors (Lipinski definition) is 3. The molecular formula is C13H14Cl2N2O4. The zero-order valence-electron chi connectivity index (χ0n) is 10.9.